The van der Waals surface area contributed by atoms with Crippen molar-refractivity contribution in [3.05, 3.63) is 0 Å². The molecule has 0 aromatic rings. The van der Waals surface area contributed by atoms with Gasteiger partial charge in [0.15, 0.2) is 5.96 Å². The molecule has 0 bridgehead atoms. The molecule has 0 heterocycles. The van der Waals surface area contributed by atoms with Crippen LogP contribution in [0.25, 0.3) is 0 Å². The number of aliphatic imine (C=N–C) groups is 1. The quantitative estimate of drug-likeness (QED) is 0.528. The lowest BCUT2D eigenvalue weighted by Crippen LogP contribution is -2.52. The van der Waals surface area contributed by atoms with Crippen LogP contribution in [0, 0.1) is 0 Å². The molecule has 0 amide bonds. The van der Waals surface area contributed by atoms with E-state index in [1.807, 2.05) is 7.05 Å². The third kappa shape index (κ3) is 7.67. The Labute approximate surface area is 132 Å². The summed E-state index contributed by atoms with van der Waals surface area (Å²) < 4.78 is 0. The van der Waals surface area contributed by atoms with Crippen molar-refractivity contribution >= 4 is 5.96 Å². The van der Waals surface area contributed by atoms with Gasteiger partial charge in [0.05, 0.1) is 0 Å². The van der Waals surface area contributed by atoms with E-state index in [1.165, 1.54) is 0 Å². The van der Waals surface area contributed by atoms with Crippen molar-refractivity contribution in [1.82, 2.24) is 20.4 Å². The number of hydrogen-bond acceptors (Lipinski definition) is 3. The molecule has 2 N–H and O–H groups in total. The lowest BCUT2D eigenvalue weighted by Gasteiger charge is -2.33. The van der Waals surface area contributed by atoms with Gasteiger partial charge in [0.1, 0.15) is 0 Å². The van der Waals surface area contributed by atoms with Crippen LogP contribution >= 0.6 is 0 Å². The number of rotatable bonds is 8. The molecule has 0 aliphatic carbocycles. The van der Waals surface area contributed by atoms with E-state index in [4.69, 9.17) is 0 Å². The Hall–Kier alpha value is -0.810. The molecule has 0 saturated heterocycles. The Balaban J connectivity index is 4.24. The zero-order valence-corrected chi connectivity index (χ0v) is 15.6. The molecule has 0 atom stereocenters. The van der Waals surface area contributed by atoms with Gasteiger partial charge in [-0.15, -0.1) is 0 Å². The summed E-state index contributed by atoms with van der Waals surface area (Å²) in [6, 6.07) is 1.13. The molecule has 0 unspecified atom stereocenters. The largest absolute Gasteiger partial charge is 0.355 e. The van der Waals surface area contributed by atoms with Crippen LogP contribution in [0.2, 0.25) is 0 Å². The zero-order chi connectivity index (χ0) is 16.6. The number of nitrogens with zero attached hydrogens (tertiary/aromatic N) is 3. The van der Waals surface area contributed by atoms with Crippen LogP contribution in [0.4, 0.5) is 0 Å². The Morgan fingerprint density at radius 2 is 1.57 bits per heavy atom. The van der Waals surface area contributed by atoms with E-state index in [0.29, 0.717) is 12.1 Å². The minimum absolute atomic E-state index is 0.0967. The van der Waals surface area contributed by atoms with Gasteiger partial charge in [-0.1, -0.05) is 0 Å². The number of hydrogen-bond donors (Lipinski definition) is 2. The fourth-order valence-corrected chi connectivity index (χ4v) is 2.09. The van der Waals surface area contributed by atoms with Crippen molar-refractivity contribution in [3.8, 4) is 0 Å². The molecule has 0 spiro atoms. The van der Waals surface area contributed by atoms with Crippen molar-refractivity contribution in [1.29, 1.82) is 0 Å². The molecule has 21 heavy (non-hydrogen) atoms. The molecule has 0 aromatic carbocycles. The molecule has 5 heteroatoms. The van der Waals surface area contributed by atoms with Gasteiger partial charge in [-0.05, 0) is 55.6 Å². The molecule has 0 radical (unpaired) electrons. The maximum absolute atomic E-state index is 4.29. The highest BCUT2D eigenvalue weighted by atomic mass is 15.2. The van der Waals surface area contributed by atoms with Crippen LogP contribution in [-0.2, 0) is 0 Å². The van der Waals surface area contributed by atoms with Gasteiger partial charge in [0.25, 0.3) is 0 Å². The van der Waals surface area contributed by atoms with E-state index < -0.39 is 0 Å². The summed E-state index contributed by atoms with van der Waals surface area (Å²) in [6.45, 7) is 16.2. The second kappa shape index (κ2) is 9.26. The van der Waals surface area contributed by atoms with Gasteiger partial charge in [-0.3, -0.25) is 9.89 Å². The molecular formula is C16H37N5. The van der Waals surface area contributed by atoms with Gasteiger partial charge in [-0.25, -0.2) is 0 Å². The van der Waals surface area contributed by atoms with E-state index in [-0.39, 0.29) is 5.54 Å². The SMILES string of the molecule is CN=C(NCCN(C(C)C)C(C)C)NCC(C)(C)N(C)C. The van der Waals surface area contributed by atoms with Crippen molar-refractivity contribution < 1.29 is 0 Å². The van der Waals surface area contributed by atoms with Crippen molar-refractivity contribution in [2.45, 2.75) is 59.2 Å². The first-order valence-corrected chi connectivity index (χ1v) is 7.99. The molecule has 0 saturated carbocycles. The molecule has 126 valence electrons. The van der Waals surface area contributed by atoms with E-state index in [0.717, 1.165) is 25.6 Å². The number of likely N-dealkylation sites (N-methyl/N-ethyl adjacent to an activating group) is 1. The molecule has 0 rings (SSSR count). The van der Waals surface area contributed by atoms with E-state index in [1.54, 1.807) is 0 Å². The maximum atomic E-state index is 4.29. The van der Waals surface area contributed by atoms with Crippen molar-refractivity contribution in [2.75, 3.05) is 40.8 Å². The predicted molar refractivity (Wildman–Crippen MR) is 94.1 cm³/mol. The first-order valence-electron chi connectivity index (χ1n) is 7.99. The first-order chi connectivity index (χ1) is 9.61. The second-order valence-electron chi connectivity index (χ2n) is 6.98. The van der Waals surface area contributed by atoms with Gasteiger partial charge < -0.3 is 15.5 Å². The third-order valence-corrected chi connectivity index (χ3v) is 4.11. The van der Waals surface area contributed by atoms with Gasteiger partial charge in [0, 0.05) is 44.3 Å². The highest BCUT2D eigenvalue weighted by Crippen LogP contribution is 2.07. The summed E-state index contributed by atoms with van der Waals surface area (Å²) in [5.74, 6) is 0.873. The Bertz CT molecular complexity index is 300. The van der Waals surface area contributed by atoms with E-state index in [2.05, 4.69) is 81.1 Å². The third-order valence-electron chi connectivity index (χ3n) is 4.11. The smallest absolute Gasteiger partial charge is 0.191 e. The average Bonchev–Trinajstić information content (AvgIpc) is 2.36. The fourth-order valence-electron chi connectivity index (χ4n) is 2.09. The molecule has 0 aromatic heterocycles. The molecule has 0 fully saturated rings. The van der Waals surface area contributed by atoms with Crippen LogP contribution < -0.4 is 10.6 Å². The Morgan fingerprint density at radius 1 is 1.05 bits per heavy atom. The Morgan fingerprint density at radius 3 is 1.95 bits per heavy atom. The Kier molecular flexibility index (Phi) is 8.90. The topological polar surface area (TPSA) is 42.9 Å². The predicted octanol–water partition coefficient (Wildman–Crippen LogP) is 1.61. The summed E-state index contributed by atoms with van der Waals surface area (Å²) in [5, 5.41) is 6.80. The van der Waals surface area contributed by atoms with Crippen LogP contribution in [0.3, 0.4) is 0 Å². The number of guanidine groups is 1. The summed E-state index contributed by atoms with van der Waals surface area (Å²) in [6.07, 6.45) is 0. The van der Waals surface area contributed by atoms with Crippen LogP contribution in [0.5, 0.6) is 0 Å². The summed E-state index contributed by atoms with van der Waals surface area (Å²) in [5.41, 5.74) is 0.0967. The molecule has 0 aliphatic rings. The number of nitrogens with one attached hydrogen (secondary N) is 2. The van der Waals surface area contributed by atoms with Gasteiger partial charge in [-0.2, -0.15) is 0 Å². The minimum atomic E-state index is 0.0967. The monoisotopic (exact) mass is 299 g/mol. The van der Waals surface area contributed by atoms with Crippen LogP contribution in [0.1, 0.15) is 41.5 Å². The van der Waals surface area contributed by atoms with Gasteiger partial charge >= 0.3 is 0 Å². The van der Waals surface area contributed by atoms with Crippen LogP contribution in [-0.4, -0.2) is 74.2 Å². The molecule has 5 nitrogen and oxygen atoms in total. The standard InChI is InChI=1S/C16H37N5/c1-13(2)21(14(3)4)11-10-18-15(17-7)19-12-16(5,6)20(8)9/h13-14H,10-12H2,1-9H3,(H2,17,18,19). The summed E-state index contributed by atoms with van der Waals surface area (Å²) in [7, 11) is 6.02. The molecule has 0 aliphatic heterocycles. The normalized spacial score (nSPS) is 13.7. The van der Waals surface area contributed by atoms with E-state index >= 15 is 0 Å². The first kappa shape index (κ1) is 20.2. The maximum Gasteiger partial charge on any atom is 0.191 e. The fraction of sp³-hybridized carbons (Fsp3) is 0.938. The summed E-state index contributed by atoms with van der Waals surface area (Å²) >= 11 is 0. The van der Waals surface area contributed by atoms with Crippen LogP contribution in [0.15, 0.2) is 4.99 Å². The zero-order valence-electron chi connectivity index (χ0n) is 15.6. The lowest BCUT2D eigenvalue weighted by atomic mass is 10.0. The highest BCUT2D eigenvalue weighted by Gasteiger charge is 2.20. The lowest BCUT2D eigenvalue weighted by molar-refractivity contribution is 0.178. The van der Waals surface area contributed by atoms with Gasteiger partial charge in [0.2, 0.25) is 0 Å². The average molecular weight is 300 g/mol. The van der Waals surface area contributed by atoms with Crippen molar-refractivity contribution in [2.24, 2.45) is 4.99 Å². The molecular weight excluding hydrogens is 262 g/mol. The second-order valence-corrected chi connectivity index (χ2v) is 6.98. The van der Waals surface area contributed by atoms with Crippen molar-refractivity contribution in [3.63, 3.8) is 0 Å². The van der Waals surface area contributed by atoms with E-state index in [9.17, 15) is 0 Å². The highest BCUT2D eigenvalue weighted by molar-refractivity contribution is 5.79. The summed E-state index contributed by atoms with van der Waals surface area (Å²) in [4.78, 5) is 8.99. The minimum Gasteiger partial charge on any atom is -0.355 e.